The van der Waals surface area contributed by atoms with Crippen molar-refractivity contribution in [1.29, 1.82) is 0 Å². The summed E-state index contributed by atoms with van der Waals surface area (Å²) in [5.41, 5.74) is -0.0685. The van der Waals surface area contributed by atoms with Gasteiger partial charge in [-0.1, -0.05) is 32.4 Å². The molecule has 0 radical (unpaired) electrons. The second kappa shape index (κ2) is 4.21. The fourth-order valence-electron chi connectivity index (χ4n) is 1.41. The van der Waals surface area contributed by atoms with Gasteiger partial charge in [0.25, 0.3) is 0 Å². The van der Waals surface area contributed by atoms with E-state index < -0.39 is 0 Å². The average molecular weight is 240 g/mol. The summed E-state index contributed by atoms with van der Waals surface area (Å²) in [5.74, 6) is 2.46. The summed E-state index contributed by atoms with van der Waals surface area (Å²) in [5, 5.41) is 3.84. The Morgan fingerprint density at radius 3 is 2.62 bits per heavy atom. The predicted octanol–water partition coefficient (Wildman–Crippen LogP) is 3.25. The van der Waals surface area contributed by atoms with Gasteiger partial charge in [0.2, 0.25) is 0 Å². The van der Waals surface area contributed by atoms with Crippen LogP contribution in [-0.4, -0.2) is 16.5 Å². The van der Waals surface area contributed by atoms with Gasteiger partial charge in [0, 0.05) is 18.0 Å². The highest BCUT2D eigenvalue weighted by Crippen LogP contribution is 2.29. The van der Waals surface area contributed by atoms with Crippen molar-refractivity contribution >= 4 is 17.4 Å². The lowest BCUT2D eigenvalue weighted by Crippen LogP contribution is -2.17. The maximum Gasteiger partial charge on any atom is 0.137 e. The van der Waals surface area contributed by atoms with Crippen LogP contribution in [0.2, 0.25) is 5.15 Å². The predicted molar refractivity (Wildman–Crippen MR) is 67.0 cm³/mol. The number of nitrogens with one attached hydrogen (secondary N) is 1. The van der Waals surface area contributed by atoms with Gasteiger partial charge in [-0.3, -0.25) is 0 Å². The van der Waals surface area contributed by atoms with Crippen molar-refractivity contribution in [3.63, 3.8) is 0 Å². The van der Waals surface area contributed by atoms with Gasteiger partial charge in [0.05, 0.1) is 0 Å². The first-order valence-corrected chi connectivity index (χ1v) is 6.12. The Hall–Kier alpha value is -0.830. The van der Waals surface area contributed by atoms with Gasteiger partial charge in [-0.2, -0.15) is 0 Å². The van der Waals surface area contributed by atoms with Crippen LogP contribution >= 0.6 is 11.6 Å². The number of nitrogens with zero attached hydrogens (tertiary/aromatic N) is 2. The largest absolute Gasteiger partial charge is 0.370 e. The van der Waals surface area contributed by atoms with Gasteiger partial charge < -0.3 is 5.32 Å². The van der Waals surface area contributed by atoms with Crippen LogP contribution in [0, 0.1) is 5.92 Å². The molecular weight excluding hydrogens is 222 g/mol. The Balaban J connectivity index is 2.14. The van der Waals surface area contributed by atoms with Gasteiger partial charge in [0.1, 0.15) is 16.8 Å². The second-order valence-electron chi connectivity index (χ2n) is 5.47. The molecule has 1 aromatic rings. The minimum Gasteiger partial charge on any atom is -0.370 e. The lowest BCUT2D eigenvalue weighted by molar-refractivity contribution is 0.546. The Kier molecular flexibility index (Phi) is 3.06. The van der Waals surface area contributed by atoms with Crippen LogP contribution < -0.4 is 5.32 Å². The third kappa shape index (κ3) is 3.08. The lowest BCUT2D eigenvalue weighted by atomic mass is 9.96. The van der Waals surface area contributed by atoms with E-state index in [1.807, 2.05) is 0 Å². The van der Waals surface area contributed by atoms with E-state index in [0.717, 1.165) is 24.1 Å². The molecule has 1 heterocycles. The monoisotopic (exact) mass is 239 g/mol. The van der Waals surface area contributed by atoms with Crippen molar-refractivity contribution in [1.82, 2.24) is 9.97 Å². The molecule has 1 aliphatic carbocycles. The van der Waals surface area contributed by atoms with E-state index in [0.29, 0.717) is 5.15 Å². The van der Waals surface area contributed by atoms with E-state index in [4.69, 9.17) is 11.6 Å². The Bertz CT molecular complexity index is 380. The number of hydrogen-bond acceptors (Lipinski definition) is 3. The van der Waals surface area contributed by atoms with Crippen LogP contribution in [0.1, 0.15) is 39.4 Å². The van der Waals surface area contributed by atoms with E-state index in [9.17, 15) is 0 Å². The van der Waals surface area contributed by atoms with Crippen molar-refractivity contribution in [2.75, 3.05) is 11.9 Å². The first-order valence-electron chi connectivity index (χ1n) is 5.74. The quantitative estimate of drug-likeness (QED) is 0.823. The van der Waals surface area contributed by atoms with Gasteiger partial charge in [0.15, 0.2) is 0 Å². The van der Waals surface area contributed by atoms with E-state index in [1.165, 1.54) is 12.8 Å². The van der Waals surface area contributed by atoms with E-state index >= 15 is 0 Å². The Morgan fingerprint density at radius 1 is 1.38 bits per heavy atom. The summed E-state index contributed by atoms with van der Waals surface area (Å²) in [6.45, 7) is 7.26. The molecule has 1 N–H and O–H groups in total. The average Bonchev–Trinajstić information content (AvgIpc) is 2.96. The van der Waals surface area contributed by atoms with Crippen molar-refractivity contribution in [2.24, 2.45) is 5.92 Å². The molecule has 0 aliphatic heterocycles. The van der Waals surface area contributed by atoms with Crippen molar-refractivity contribution in [2.45, 2.75) is 39.0 Å². The number of halogens is 1. The standard InChI is InChI=1S/C12H18ClN3/c1-12(2,3)11-15-9(13)6-10(16-11)14-7-8-4-5-8/h6,8H,4-5,7H2,1-3H3,(H,14,15,16). The van der Waals surface area contributed by atoms with Gasteiger partial charge >= 0.3 is 0 Å². The molecule has 88 valence electrons. The lowest BCUT2D eigenvalue weighted by Gasteiger charge is -2.17. The fourth-order valence-corrected chi connectivity index (χ4v) is 1.60. The summed E-state index contributed by atoms with van der Waals surface area (Å²) in [6.07, 6.45) is 2.66. The molecule has 2 rings (SSSR count). The molecule has 0 saturated heterocycles. The normalized spacial score (nSPS) is 16.2. The zero-order valence-corrected chi connectivity index (χ0v) is 10.8. The maximum atomic E-state index is 6.00. The van der Waals surface area contributed by atoms with Crippen molar-refractivity contribution in [3.8, 4) is 0 Å². The molecule has 0 unspecified atom stereocenters. The molecule has 1 aliphatic rings. The molecule has 16 heavy (non-hydrogen) atoms. The van der Waals surface area contributed by atoms with Gasteiger partial charge in [-0.25, -0.2) is 9.97 Å². The molecule has 0 atom stereocenters. The molecule has 3 nitrogen and oxygen atoms in total. The highest BCUT2D eigenvalue weighted by atomic mass is 35.5. The molecule has 1 saturated carbocycles. The van der Waals surface area contributed by atoms with Crippen LogP contribution in [-0.2, 0) is 5.41 Å². The minimum atomic E-state index is -0.0685. The smallest absolute Gasteiger partial charge is 0.137 e. The Labute approximate surface area is 102 Å². The zero-order valence-electron chi connectivity index (χ0n) is 10.0. The van der Waals surface area contributed by atoms with Crippen LogP contribution in [0.5, 0.6) is 0 Å². The van der Waals surface area contributed by atoms with Crippen molar-refractivity contribution in [3.05, 3.63) is 17.0 Å². The summed E-state index contributed by atoms with van der Waals surface area (Å²) < 4.78 is 0. The number of rotatable bonds is 3. The van der Waals surface area contributed by atoms with Crippen LogP contribution in [0.4, 0.5) is 5.82 Å². The Morgan fingerprint density at radius 2 is 2.06 bits per heavy atom. The van der Waals surface area contributed by atoms with Crippen LogP contribution in [0.25, 0.3) is 0 Å². The first-order chi connectivity index (χ1) is 7.45. The molecule has 1 aromatic heterocycles. The molecule has 4 heteroatoms. The summed E-state index contributed by atoms with van der Waals surface area (Å²) in [6, 6.07) is 1.79. The number of hydrogen-bond donors (Lipinski definition) is 1. The number of anilines is 1. The van der Waals surface area contributed by atoms with Crippen molar-refractivity contribution < 1.29 is 0 Å². The second-order valence-corrected chi connectivity index (χ2v) is 5.86. The first kappa shape index (κ1) is 11.6. The van der Waals surface area contributed by atoms with E-state index in [1.54, 1.807) is 6.07 Å². The van der Waals surface area contributed by atoms with Crippen LogP contribution in [0.15, 0.2) is 6.07 Å². The molecule has 0 spiro atoms. The maximum absolute atomic E-state index is 6.00. The van der Waals surface area contributed by atoms with E-state index in [2.05, 4.69) is 36.1 Å². The summed E-state index contributed by atoms with van der Waals surface area (Å²) >= 11 is 6.00. The highest BCUT2D eigenvalue weighted by Gasteiger charge is 2.22. The molecule has 0 amide bonds. The molecule has 1 fully saturated rings. The minimum absolute atomic E-state index is 0.0685. The summed E-state index contributed by atoms with van der Waals surface area (Å²) in [4.78, 5) is 8.76. The number of aromatic nitrogens is 2. The van der Waals surface area contributed by atoms with Gasteiger partial charge in [-0.05, 0) is 18.8 Å². The van der Waals surface area contributed by atoms with E-state index in [-0.39, 0.29) is 5.41 Å². The van der Waals surface area contributed by atoms with Crippen LogP contribution in [0.3, 0.4) is 0 Å². The van der Waals surface area contributed by atoms with Gasteiger partial charge in [-0.15, -0.1) is 0 Å². The SMILES string of the molecule is CC(C)(C)c1nc(Cl)cc(NCC2CC2)n1. The third-order valence-electron chi connectivity index (χ3n) is 2.63. The zero-order chi connectivity index (χ0) is 11.8. The third-order valence-corrected chi connectivity index (χ3v) is 2.83. The molecule has 0 bridgehead atoms. The molecular formula is C12H18ClN3. The summed E-state index contributed by atoms with van der Waals surface area (Å²) in [7, 11) is 0. The highest BCUT2D eigenvalue weighted by molar-refractivity contribution is 6.29. The fraction of sp³-hybridized carbons (Fsp3) is 0.667. The molecule has 0 aromatic carbocycles. The topological polar surface area (TPSA) is 37.8 Å².